The zero-order chi connectivity index (χ0) is 10.2. The molecule has 0 aromatic heterocycles. The van der Waals surface area contributed by atoms with E-state index in [1.165, 1.54) is 6.08 Å². The molecule has 0 unspecified atom stereocenters. The second kappa shape index (κ2) is 6.39. The second-order valence-electron chi connectivity index (χ2n) is 2.81. The average molecular weight is 200 g/mol. The van der Waals surface area contributed by atoms with Gasteiger partial charge in [-0.3, -0.25) is 0 Å². The fourth-order valence-electron chi connectivity index (χ4n) is 1.09. The van der Waals surface area contributed by atoms with Crippen LogP contribution >= 0.6 is 0 Å². The maximum atomic E-state index is 10.9. The lowest BCUT2D eigenvalue weighted by Gasteiger charge is -2.26. The van der Waals surface area contributed by atoms with E-state index < -0.39 is 0 Å². The van der Waals surface area contributed by atoms with Crippen molar-refractivity contribution >= 4 is 5.97 Å². The highest BCUT2D eigenvalue weighted by atomic mass is 16.5. The third-order valence-electron chi connectivity index (χ3n) is 1.77. The van der Waals surface area contributed by atoms with Crippen LogP contribution in [0.1, 0.15) is 6.92 Å². The smallest absolute Gasteiger partial charge is 0.332 e. The molecule has 0 aromatic carbocycles. The SMILES string of the molecule is CCOC(=O)C=CNN1CCOCC1. The van der Waals surface area contributed by atoms with Crippen LogP contribution in [0.5, 0.6) is 0 Å². The number of carbonyl (C=O) groups is 1. The Bertz CT molecular complexity index is 200. The van der Waals surface area contributed by atoms with Crippen molar-refractivity contribution < 1.29 is 14.3 Å². The number of hydrazine groups is 1. The molecular weight excluding hydrogens is 184 g/mol. The summed E-state index contributed by atoms with van der Waals surface area (Å²) < 4.78 is 9.89. The summed E-state index contributed by atoms with van der Waals surface area (Å²) in [7, 11) is 0. The van der Waals surface area contributed by atoms with Crippen LogP contribution in [0.4, 0.5) is 0 Å². The van der Waals surface area contributed by atoms with Crippen molar-refractivity contribution in [2.45, 2.75) is 6.92 Å². The van der Waals surface area contributed by atoms with E-state index in [0.717, 1.165) is 26.3 Å². The van der Waals surface area contributed by atoms with Gasteiger partial charge in [-0.1, -0.05) is 0 Å². The molecule has 0 aromatic rings. The molecule has 80 valence electrons. The van der Waals surface area contributed by atoms with Crippen molar-refractivity contribution in [2.24, 2.45) is 0 Å². The van der Waals surface area contributed by atoms with Gasteiger partial charge in [-0.15, -0.1) is 0 Å². The van der Waals surface area contributed by atoms with Crippen LogP contribution in [0.15, 0.2) is 12.3 Å². The lowest BCUT2D eigenvalue weighted by atomic mass is 10.5. The summed E-state index contributed by atoms with van der Waals surface area (Å²) in [6.07, 6.45) is 2.96. The Balaban J connectivity index is 2.14. The van der Waals surface area contributed by atoms with Gasteiger partial charge < -0.3 is 14.9 Å². The summed E-state index contributed by atoms with van der Waals surface area (Å²) >= 11 is 0. The minimum Gasteiger partial charge on any atom is -0.463 e. The Morgan fingerprint density at radius 2 is 2.29 bits per heavy atom. The van der Waals surface area contributed by atoms with Crippen molar-refractivity contribution in [1.82, 2.24) is 10.4 Å². The lowest BCUT2D eigenvalue weighted by Crippen LogP contribution is -2.43. The van der Waals surface area contributed by atoms with Crippen molar-refractivity contribution in [3.8, 4) is 0 Å². The number of nitrogens with one attached hydrogen (secondary N) is 1. The molecule has 1 saturated heterocycles. The van der Waals surface area contributed by atoms with Crippen molar-refractivity contribution in [2.75, 3.05) is 32.9 Å². The van der Waals surface area contributed by atoms with Gasteiger partial charge in [0, 0.05) is 25.4 Å². The molecule has 0 bridgehead atoms. The third kappa shape index (κ3) is 4.25. The Labute approximate surface area is 83.6 Å². The highest BCUT2D eigenvalue weighted by Crippen LogP contribution is 1.91. The molecule has 0 amide bonds. The normalized spacial score (nSPS) is 18.4. The van der Waals surface area contributed by atoms with Crippen molar-refractivity contribution in [3.63, 3.8) is 0 Å². The zero-order valence-electron chi connectivity index (χ0n) is 8.36. The number of hydrogen-bond donors (Lipinski definition) is 1. The molecule has 0 atom stereocenters. The van der Waals surface area contributed by atoms with Gasteiger partial charge in [0.05, 0.1) is 19.8 Å². The van der Waals surface area contributed by atoms with E-state index in [1.807, 2.05) is 5.01 Å². The molecule has 1 aliphatic heterocycles. The monoisotopic (exact) mass is 200 g/mol. The molecular formula is C9H16N2O3. The van der Waals surface area contributed by atoms with E-state index in [4.69, 9.17) is 9.47 Å². The molecule has 1 N–H and O–H groups in total. The zero-order valence-corrected chi connectivity index (χ0v) is 8.36. The van der Waals surface area contributed by atoms with E-state index in [0.29, 0.717) is 6.61 Å². The Hall–Kier alpha value is -1.07. The Morgan fingerprint density at radius 3 is 2.93 bits per heavy atom. The number of carbonyl (C=O) groups excluding carboxylic acids is 1. The van der Waals surface area contributed by atoms with E-state index >= 15 is 0 Å². The van der Waals surface area contributed by atoms with Gasteiger partial charge >= 0.3 is 5.97 Å². The minimum absolute atomic E-state index is 0.326. The fourth-order valence-corrected chi connectivity index (χ4v) is 1.09. The second-order valence-corrected chi connectivity index (χ2v) is 2.81. The summed E-state index contributed by atoms with van der Waals surface area (Å²) in [5.74, 6) is -0.326. The molecule has 0 saturated carbocycles. The van der Waals surface area contributed by atoms with Crippen LogP contribution in [0, 0.1) is 0 Å². The van der Waals surface area contributed by atoms with Gasteiger partial charge in [-0.25, -0.2) is 9.80 Å². The van der Waals surface area contributed by atoms with Crippen LogP contribution in [-0.2, 0) is 14.3 Å². The standard InChI is InChI=1S/C9H16N2O3/c1-2-14-9(12)3-4-10-11-5-7-13-8-6-11/h3-4,10H,2,5-8H2,1H3. The maximum absolute atomic E-state index is 10.9. The van der Waals surface area contributed by atoms with E-state index in [2.05, 4.69) is 5.43 Å². The molecule has 1 fully saturated rings. The Kier molecular flexibility index (Phi) is 5.03. The summed E-state index contributed by atoms with van der Waals surface area (Å²) in [6.45, 7) is 5.28. The van der Waals surface area contributed by atoms with Gasteiger partial charge in [0.1, 0.15) is 0 Å². The predicted octanol–water partition coefficient (Wildman–Crippen LogP) is -0.100. The molecule has 5 nitrogen and oxygen atoms in total. The van der Waals surface area contributed by atoms with Crippen LogP contribution < -0.4 is 5.43 Å². The number of nitrogens with zero attached hydrogens (tertiary/aromatic N) is 1. The maximum Gasteiger partial charge on any atom is 0.332 e. The van der Waals surface area contributed by atoms with E-state index in [9.17, 15) is 4.79 Å². The van der Waals surface area contributed by atoms with Gasteiger partial charge in [-0.05, 0) is 6.92 Å². The molecule has 1 rings (SSSR count). The highest BCUT2D eigenvalue weighted by molar-refractivity contribution is 5.81. The summed E-state index contributed by atoms with van der Waals surface area (Å²) in [4.78, 5) is 10.9. The van der Waals surface area contributed by atoms with Crippen LogP contribution in [0.3, 0.4) is 0 Å². The quantitative estimate of drug-likeness (QED) is 0.507. The Morgan fingerprint density at radius 1 is 1.57 bits per heavy atom. The lowest BCUT2D eigenvalue weighted by molar-refractivity contribution is -0.137. The van der Waals surface area contributed by atoms with Gasteiger partial charge in [0.25, 0.3) is 0 Å². The molecule has 1 heterocycles. The number of morpholine rings is 1. The topological polar surface area (TPSA) is 50.8 Å². The van der Waals surface area contributed by atoms with Crippen LogP contribution in [0.25, 0.3) is 0 Å². The number of rotatable bonds is 4. The van der Waals surface area contributed by atoms with Crippen LogP contribution in [-0.4, -0.2) is 43.9 Å². The highest BCUT2D eigenvalue weighted by Gasteiger charge is 2.07. The predicted molar refractivity (Wildman–Crippen MR) is 51.3 cm³/mol. The first-order chi connectivity index (χ1) is 6.83. The summed E-state index contributed by atoms with van der Waals surface area (Å²) in [6, 6.07) is 0. The number of ether oxygens (including phenoxy) is 2. The van der Waals surface area contributed by atoms with Crippen molar-refractivity contribution in [1.29, 1.82) is 0 Å². The molecule has 1 aliphatic rings. The first-order valence-electron chi connectivity index (χ1n) is 4.75. The largest absolute Gasteiger partial charge is 0.463 e. The number of esters is 1. The minimum atomic E-state index is -0.326. The fraction of sp³-hybridized carbons (Fsp3) is 0.667. The van der Waals surface area contributed by atoms with Crippen LogP contribution in [0.2, 0.25) is 0 Å². The van der Waals surface area contributed by atoms with Gasteiger partial charge in [0.15, 0.2) is 0 Å². The first-order valence-corrected chi connectivity index (χ1v) is 4.75. The third-order valence-corrected chi connectivity index (χ3v) is 1.77. The molecule has 5 heteroatoms. The first kappa shape index (κ1) is 11.0. The summed E-state index contributed by atoms with van der Waals surface area (Å²) in [5.41, 5.74) is 2.98. The van der Waals surface area contributed by atoms with Crippen molar-refractivity contribution in [3.05, 3.63) is 12.3 Å². The molecule has 0 aliphatic carbocycles. The molecule has 14 heavy (non-hydrogen) atoms. The van der Waals surface area contributed by atoms with Gasteiger partial charge in [0.2, 0.25) is 0 Å². The number of hydrogen-bond acceptors (Lipinski definition) is 5. The average Bonchev–Trinajstić information content (AvgIpc) is 2.20. The van der Waals surface area contributed by atoms with Gasteiger partial charge in [-0.2, -0.15) is 0 Å². The van der Waals surface area contributed by atoms with E-state index in [1.54, 1.807) is 13.1 Å². The summed E-state index contributed by atoms with van der Waals surface area (Å²) in [5, 5.41) is 1.99. The molecule has 0 spiro atoms. The van der Waals surface area contributed by atoms with E-state index in [-0.39, 0.29) is 5.97 Å². The molecule has 0 radical (unpaired) electrons.